The number of aryl methyl sites for hydroxylation is 1. The molecule has 0 radical (unpaired) electrons. The Kier molecular flexibility index (Phi) is 3.93. The van der Waals surface area contributed by atoms with Gasteiger partial charge >= 0.3 is 0 Å². The Morgan fingerprint density at radius 2 is 1.50 bits per heavy atom. The molecule has 1 heterocycles. The summed E-state index contributed by atoms with van der Waals surface area (Å²) in [5.41, 5.74) is 18.4. The molecule has 0 amide bonds. The first-order chi connectivity index (χ1) is 12.6. The zero-order valence-electron chi connectivity index (χ0n) is 14.6. The van der Waals surface area contributed by atoms with Gasteiger partial charge in [-0.05, 0) is 61.0 Å². The van der Waals surface area contributed by atoms with Gasteiger partial charge in [0.2, 0.25) is 0 Å². The number of nitrogens with two attached hydrogens (primary N) is 2. The lowest BCUT2D eigenvalue weighted by atomic mass is 10.2. The highest BCUT2D eigenvalue weighted by Crippen LogP contribution is 2.25. The third-order valence-electron chi connectivity index (χ3n) is 4.36. The lowest BCUT2D eigenvalue weighted by Crippen LogP contribution is -1.97. The highest BCUT2D eigenvalue weighted by molar-refractivity contribution is 5.84. The summed E-state index contributed by atoms with van der Waals surface area (Å²) in [6.45, 7) is 2.08. The summed E-state index contributed by atoms with van der Waals surface area (Å²) in [6.07, 6.45) is 4.05. The molecule has 0 aliphatic rings. The number of imidazole rings is 1. The van der Waals surface area contributed by atoms with Crippen LogP contribution in [0.4, 0.5) is 11.4 Å². The van der Waals surface area contributed by atoms with E-state index in [4.69, 9.17) is 16.5 Å². The smallest absolute Gasteiger partial charge is 0.138 e. The SMILES string of the molecule is Cc1ccc(-n2c(/C=C\c3ccc(N)cc3)nc3cc(N)ccc32)cc1. The van der Waals surface area contributed by atoms with E-state index >= 15 is 0 Å². The predicted octanol–water partition coefficient (Wildman–Crippen LogP) is 4.67. The Morgan fingerprint density at radius 3 is 2.23 bits per heavy atom. The lowest BCUT2D eigenvalue weighted by molar-refractivity contribution is 1.07. The topological polar surface area (TPSA) is 69.9 Å². The van der Waals surface area contributed by atoms with Gasteiger partial charge in [0.25, 0.3) is 0 Å². The van der Waals surface area contributed by atoms with Crippen molar-refractivity contribution in [1.82, 2.24) is 9.55 Å². The van der Waals surface area contributed by atoms with Gasteiger partial charge in [-0.25, -0.2) is 4.98 Å². The standard InChI is InChI=1S/C22H20N4/c1-15-2-10-19(11-3-15)26-21-12-9-18(24)14-20(21)25-22(26)13-6-16-4-7-17(23)8-5-16/h2-14H,23-24H2,1H3/b13-6-. The van der Waals surface area contributed by atoms with Crippen molar-refractivity contribution in [3.05, 3.63) is 83.7 Å². The summed E-state index contributed by atoms with van der Waals surface area (Å²) in [4.78, 5) is 4.78. The van der Waals surface area contributed by atoms with Crippen molar-refractivity contribution >= 4 is 34.6 Å². The molecule has 128 valence electrons. The van der Waals surface area contributed by atoms with Crippen LogP contribution < -0.4 is 11.5 Å². The second-order valence-electron chi connectivity index (χ2n) is 6.39. The minimum atomic E-state index is 0.708. The third-order valence-corrected chi connectivity index (χ3v) is 4.36. The van der Waals surface area contributed by atoms with Crippen LogP contribution in [0.15, 0.2) is 66.7 Å². The molecule has 0 fully saturated rings. The molecule has 4 heteroatoms. The van der Waals surface area contributed by atoms with Crippen molar-refractivity contribution in [3.8, 4) is 5.69 Å². The van der Waals surface area contributed by atoms with Gasteiger partial charge < -0.3 is 11.5 Å². The third kappa shape index (κ3) is 3.05. The number of benzene rings is 3. The van der Waals surface area contributed by atoms with E-state index in [1.54, 1.807) is 0 Å². The molecule has 0 saturated heterocycles. The first kappa shape index (κ1) is 16.0. The first-order valence-electron chi connectivity index (χ1n) is 8.49. The average Bonchev–Trinajstić information content (AvgIpc) is 2.99. The van der Waals surface area contributed by atoms with Crippen LogP contribution in [-0.4, -0.2) is 9.55 Å². The largest absolute Gasteiger partial charge is 0.399 e. The molecule has 4 N–H and O–H groups in total. The Balaban J connectivity index is 1.86. The normalized spacial score (nSPS) is 11.4. The molecule has 0 aliphatic heterocycles. The summed E-state index contributed by atoms with van der Waals surface area (Å²) >= 11 is 0. The van der Waals surface area contributed by atoms with Crippen LogP contribution in [0.5, 0.6) is 0 Å². The van der Waals surface area contributed by atoms with Gasteiger partial charge in [0, 0.05) is 17.1 Å². The summed E-state index contributed by atoms with van der Waals surface area (Å²) in [5, 5.41) is 0. The number of rotatable bonds is 3. The molecule has 0 unspecified atom stereocenters. The molecule has 26 heavy (non-hydrogen) atoms. The molecular formula is C22H20N4. The molecule has 4 rings (SSSR count). The molecular weight excluding hydrogens is 320 g/mol. The van der Waals surface area contributed by atoms with Crippen molar-refractivity contribution in [2.75, 3.05) is 11.5 Å². The second-order valence-corrected chi connectivity index (χ2v) is 6.39. The fraction of sp³-hybridized carbons (Fsp3) is 0.0455. The average molecular weight is 340 g/mol. The van der Waals surface area contributed by atoms with Gasteiger partial charge in [0.05, 0.1) is 11.0 Å². The predicted molar refractivity (Wildman–Crippen MR) is 110 cm³/mol. The highest BCUT2D eigenvalue weighted by Gasteiger charge is 2.10. The van der Waals surface area contributed by atoms with Crippen LogP contribution in [0, 0.1) is 6.92 Å². The summed E-state index contributed by atoms with van der Waals surface area (Å²) in [6, 6.07) is 22.0. The molecule has 3 aromatic carbocycles. The maximum Gasteiger partial charge on any atom is 0.138 e. The Bertz CT molecular complexity index is 1090. The molecule has 0 aliphatic carbocycles. The molecule has 0 saturated carbocycles. The summed E-state index contributed by atoms with van der Waals surface area (Å²) in [5.74, 6) is 0.853. The van der Waals surface area contributed by atoms with Gasteiger partial charge in [-0.15, -0.1) is 0 Å². The van der Waals surface area contributed by atoms with Crippen LogP contribution in [0.25, 0.3) is 28.9 Å². The minimum Gasteiger partial charge on any atom is -0.399 e. The second kappa shape index (κ2) is 6.41. The monoisotopic (exact) mass is 340 g/mol. The Morgan fingerprint density at radius 1 is 0.808 bits per heavy atom. The van der Waals surface area contributed by atoms with Crippen molar-refractivity contribution < 1.29 is 0 Å². The van der Waals surface area contributed by atoms with Gasteiger partial charge in [0.1, 0.15) is 5.82 Å². The molecule has 1 aromatic heterocycles. The summed E-state index contributed by atoms with van der Waals surface area (Å²) < 4.78 is 2.14. The van der Waals surface area contributed by atoms with Crippen LogP contribution >= 0.6 is 0 Å². The maximum atomic E-state index is 5.94. The van der Waals surface area contributed by atoms with Crippen LogP contribution in [-0.2, 0) is 0 Å². The fourth-order valence-corrected chi connectivity index (χ4v) is 2.97. The van der Waals surface area contributed by atoms with E-state index in [-0.39, 0.29) is 0 Å². The van der Waals surface area contributed by atoms with Gasteiger partial charge in [-0.1, -0.05) is 35.9 Å². The number of fused-ring (bicyclic) bond motifs is 1. The van der Waals surface area contributed by atoms with Crippen LogP contribution in [0.1, 0.15) is 17.0 Å². The number of nitrogens with zero attached hydrogens (tertiary/aromatic N) is 2. The van der Waals surface area contributed by atoms with E-state index in [0.717, 1.165) is 33.8 Å². The van der Waals surface area contributed by atoms with Crippen molar-refractivity contribution in [2.45, 2.75) is 6.92 Å². The number of hydrogen-bond acceptors (Lipinski definition) is 3. The quantitative estimate of drug-likeness (QED) is 0.533. The van der Waals surface area contributed by atoms with Gasteiger partial charge in [-0.3, -0.25) is 4.57 Å². The minimum absolute atomic E-state index is 0.708. The van der Waals surface area contributed by atoms with E-state index in [2.05, 4.69) is 35.8 Å². The number of aromatic nitrogens is 2. The zero-order valence-corrected chi connectivity index (χ0v) is 14.6. The maximum absolute atomic E-state index is 5.94. The Labute approximate surface area is 152 Å². The van der Waals surface area contributed by atoms with E-state index in [0.29, 0.717) is 5.69 Å². The van der Waals surface area contributed by atoms with Crippen LogP contribution in [0.2, 0.25) is 0 Å². The van der Waals surface area contributed by atoms with E-state index in [1.165, 1.54) is 5.56 Å². The molecule has 0 atom stereocenters. The van der Waals surface area contributed by atoms with Gasteiger partial charge in [-0.2, -0.15) is 0 Å². The van der Waals surface area contributed by atoms with E-state index in [9.17, 15) is 0 Å². The van der Waals surface area contributed by atoms with Crippen LogP contribution in [0.3, 0.4) is 0 Å². The molecule has 4 nitrogen and oxygen atoms in total. The summed E-state index contributed by atoms with van der Waals surface area (Å²) in [7, 11) is 0. The zero-order chi connectivity index (χ0) is 18.1. The van der Waals surface area contributed by atoms with Crippen molar-refractivity contribution in [1.29, 1.82) is 0 Å². The first-order valence-corrected chi connectivity index (χ1v) is 8.49. The number of nitrogen functional groups attached to an aromatic ring is 2. The number of anilines is 2. The van der Waals surface area contributed by atoms with E-state index in [1.807, 2.05) is 54.6 Å². The van der Waals surface area contributed by atoms with Crippen molar-refractivity contribution in [3.63, 3.8) is 0 Å². The van der Waals surface area contributed by atoms with Gasteiger partial charge in [0.15, 0.2) is 0 Å². The number of hydrogen-bond donors (Lipinski definition) is 2. The molecule has 0 bridgehead atoms. The molecule has 0 spiro atoms. The highest BCUT2D eigenvalue weighted by atomic mass is 15.1. The molecule has 4 aromatic rings. The van der Waals surface area contributed by atoms with Crippen molar-refractivity contribution in [2.24, 2.45) is 0 Å². The lowest BCUT2D eigenvalue weighted by Gasteiger charge is -2.08. The fourth-order valence-electron chi connectivity index (χ4n) is 2.97. The Hall–Kier alpha value is -3.53. The van der Waals surface area contributed by atoms with E-state index < -0.39 is 0 Å².